The van der Waals surface area contributed by atoms with Crippen LogP contribution < -0.4 is 10.2 Å². The van der Waals surface area contributed by atoms with E-state index in [0.29, 0.717) is 24.2 Å². The van der Waals surface area contributed by atoms with Crippen molar-refractivity contribution in [1.82, 2.24) is 9.97 Å². The molecule has 2 aromatic rings. The molecule has 5 nitrogen and oxygen atoms in total. The molecule has 0 bridgehead atoms. The van der Waals surface area contributed by atoms with Crippen LogP contribution in [0.4, 0.5) is 24.8 Å². The van der Waals surface area contributed by atoms with Crippen molar-refractivity contribution < 1.29 is 17.9 Å². The van der Waals surface area contributed by atoms with Crippen LogP contribution >= 0.6 is 0 Å². The minimum Gasteiger partial charge on any atom is -0.381 e. The maximum Gasteiger partial charge on any atom is 0.266 e. The van der Waals surface area contributed by atoms with Gasteiger partial charge in [-0.3, -0.25) is 0 Å². The molecule has 1 aromatic carbocycles. The van der Waals surface area contributed by atoms with Crippen molar-refractivity contribution in [3.63, 3.8) is 0 Å². The highest BCUT2D eigenvalue weighted by molar-refractivity contribution is 5.78. The summed E-state index contributed by atoms with van der Waals surface area (Å²) in [5.41, 5.74) is 1.66. The van der Waals surface area contributed by atoms with Gasteiger partial charge in [0.05, 0.1) is 23.8 Å². The van der Waals surface area contributed by atoms with Crippen molar-refractivity contribution in [1.29, 1.82) is 0 Å². The van der Waals surface area contributed by atoms with Gasteiger partial charge < -0.3 is 15.0 Å². The number of hydrogen-bond acceptors (Lipinski definition) is 5. The molecule has 1 aromatic heterocycles. The lowest BCUT2D eigenvalue weighted by Gasteiger charge is -2.30. The maximum atomic E-state index is 14.6. The van der Waals surface area contributed by atoms with E-state index in [1.54, 1.807) is 13.8 Å². The normalized spacial score (nSPS) is 19.6. The third kappa shape index (κ3) is 3.88. The SMILES string of the molecule is Cc1nc(N[C@H](C)c2cccc(C(F)F)c2F)c2c(n1)N(C)CC(C1CCOC1)=C2. The molecule has 1 fully saturated rings. The smallest absolute Gasteiger partial charge is 0.266 e. The number of anilines is 2. The summed E-state index contributed by atoms with van der Waals surface area (Å²) < 4.78 is 46.4. The molecule has 2 aliphatic heterocycles. The van der Waals surface area contributed by atoms with Crippen molar-refractivity contribution in [3.05, 3.63) is 52.1 Å². The summed E-state index contributed by atoms with van der Waals surface area (Å²) in [6, 6.07) is 3.52. The number of alkyl halides is 2. The van der Waals surface area contributed by atoms with Gasteiger partial charge >= 0.3 is 0 Å². The second-order valence-corrected chi connectivity index (χ2v) is 7.91. The first kappa shape index (κ1) is 20.7. The van der Waals surface area contributed by atoms with E-state index in [1.165, 1.54) is 17.7 Å². The molecule has 0 radical (unpaired) electrons. The summed E-state index contributed by atoms with van der Waals surface area (Å²) >= 11 is 0. The van der Waals surface area contributed by atoms with Gasteiger partial charge in [0.1, 0.15) is 23.3 Å². The summed E-state index contributed by atoms with van der Waals surface area (Å²) in [5.74, 6) is 1.41. The highest BCUT2D eigenvalue weighted by Gasteiger charge is 2.28. The molecular weight excluding hydrogens is 393 g/mol. The molecule has 4 rings (SSSR count). The van der Waals surface area contributed by atoms with Crippen LogP contribution in [0.15, 0.2) is 23.8 Å². The summed E-state index contributed by atoms with van der Waals surface area (Å²) in [4.78, 5) is 11.2. The molecule has 2 atom stereocenters. The zero-order chi connectivity index (χ0) is 21.4. The van der Waals surface area contributed by atoms with Crippen LogP contribution in [-0.2, 0) is 4.74 Å². The topological polar surface area (TPSA) is 50.3 Å². The highest BCUT2D eigenvalue weighted by atomic mass is 19.3. The number of hydrogen-bond donors (Lipinski definition) is 1. The second kappa shape index (κ2) is 8.26. The molecule has 3 heterocycles. The Morgan fingerprint density at radius 1 is 1.23 bits per heavy atom. The minimum absolute atomic E-state index is 0.176. The van der Waals surface area contributed by atoms with Gasteiger partial charge in [0.15, 0.2) is 0 Å². The Morgan fingerprint density at radius 3 is 2.70 bits per heavy atom. The number of aromatic nitrogens is 2. The van der Waals surface area contributed by atoms with Crippen LogP contribution in [-0.4, -0.2) is 36.8 Å². The fourth-order valence-electron chi connectivity index (χ4n) is 4.11. The van der Waals surface area contributed by atoms with E-state index in [0.717, 1.165) is 37.0 Å². The van der Waals surface area contributed by atoms with Crippen LogP contribution in [0.5, 0.6) is 0 Å². The van der Waals surface area contributed by atoms with Gasteiger partial charge in [-0.15, -0.1) is 0 Å². The van der Waals surface area contributed by atoms with Crippen LogP contribution in [0.2, 0.25) is 0 Å². The van der Waals surface area contributed by atoms with E-state index < -0.39 is 23.8 Å². The fraction of sp³-hybridized carbons (Fsp3) is 0.455. The number of aryl methyl sites for hydroxylation is 1. The average Bonchev–Trinajstić information content (AvgIpc) is 3.23. The standard InChI is InChI=1S/C22H25F3N4O/c1-12(16-5-4-6-17(19(16)23)20(24)25)26-21-18-9-15(14-7-8-30-11-14)10-29(3)22(18)28-13(2)27-21/h4-6,9,12,14,20H,7-8,10-11H2,1-3H3,(H,26,27,28)/t12-,14?/m1/s1. The third-order valence-electron chi connectivity index (χ3n) is 5.72. The van der Waals surface area contributed by atoms with Crippen molar-refractivity contribution in [2.24, 2.45) is 5.92 Å². The van der Waals surface area contributed by atoms with E-state index >= 15 is 0 Å². The lowest BCUT2D eigenvalue weighted by atomic mass is 9.93. The molecular formula is C22H25F3N4O. The fourth-order valence-corrected chi connectivity index (χ4v) is 4.11. The Morgan fingerprint density at radius 2 is 2.00 bits per heavy atom. The maximum absolute atomic E-state index is 14.6. The van der Waals surface area contributed by atoms with Crippen molar-refractivity contribution in [2.45, 2.75) is 32.7 Å². The molecule has 0 saturated carbocycles. The number of benzene rings is 1. The summed E-state index contributed by atoms with van der Waals surface area (Å²) in [6.07, 6.45) is 0.209. The Bertz CT molecular complexity index is 973. The van der Waals surface area contributed by atoms with Gasteiger partial charge in [0, 0.05) is 31.7 Å². The predicted octanol–water partition coefficient (Wildman–Crippen LogP) is 4.90. The molecule has 0 amide bonds. The quantitative estimate of drug-likeness (QED) is 0.748. The van der Waals surface area contributed by atoms with Gasteiger partial charge in [-0.25, -0.2) is 23.1 Å². The molecule has 8 heteroatoms. The minimum atomic E-state index is -2.86. The van der Waals surface area contributed by atoms with Gasteiger partial charge in [-0.1, -0.05) is 18.2 Å². The van der Waals surface area contributed by atoms with E-state index in [9.17, 15) is 13.2 Å². The van der Waals surface area contributed by atoms with E-state index in [2.05, 4.69) is 26.3 Å². The van der Waals surface area contributed by atoms with Crippen LogP contribution in [0, 0.1) is 18.7 Å². The van der Waals surface area contributed by atoms with E-state index in [1.807, 2.05) is 7.05 Å². The largest absolute Gasteiger partial charge is 0.381 e. The third-order valence-corrected chi connectivity index (χ3v) is 5.72. The summed E-state index contributed by atoms with van der Waals surface area (Å²) in [6.45, 7) is 5.75. The van der Waals surface area contributed by atoms with Crippen molar-refractivity contribution in [2.75, 3.05) is 37.0 Å². The molecule has 160 valence electrons. The predicted molar refractivity (Wildman–Crippen MR) is 110 cm³/mol. The lowest BCUT2D eigenvalue weighted by Crippen LogP contribution is -2.29. The number of ether oxygens (including phenoxy) is 1. The van der Waals surface area contributed by atoms with Crippen LogP contribution in [0.1, 0.15) is 48.3 Å². The zero-order valence-electron chi connectivity index (χ0n) is 17.3. The molecule has 1 saturated heterocycles. The van der Waals surface area contributed by atoms with E-state index in [-0.39, 0.29) is 5.56 Å². The molecule has 1 unspecified atom stereocenters. The van der Waals surface area contributed by atoms with Gasteiger partial charge in [-0.05, 0) is 31.9 Å². The lowest BCUT2D eigenvalue weighted by molar-refractivity contribution is 0.146. The monoisotopic (exact) mass is 418 g/mol. The first-order valence-corrected chi connectivity index (χ1v) is 10.1. The molecule has 0 aliphatic carbocycles. The molecule has 0 spiro atoms. The Hall–Kier alpha value is -2.61. The van der Waals surface area contributed by atoms with Gasteiger partial charge in [-0.2, -0.15) is 0 Å². The highest BCUT2D eigenvalue weighted by Crippen LogP contribution is 2.37. The first-order valence-electron chi connectivity index (χ1n) is 10.1. The summed E-state index contributed by atoms with van der Waals surface area (Å²) in [5, 5.41) is 3.23. The zero-order valence-corrected chi connectivity index (χ0v) is 17.3. The van der Waals surface area contributed by atoms with Crippen LogP contribution in [0.25, 0.3) is 6.08 Å². The molecule has 2 aliphatic rings. The summed E-state index contributed by atoms with van der Waals surface area (Å²) in [7, 11) is 1.98. The number of likely N-dealkylation sites (N-methyl/N-ethyl adjacent to an activating group) is 1. The Balaban J connectivity index is 1.70. The number of halogens is 3. The molecule has 1 N–H and O–H groups in total. The number of nitrogens with zero attached hydrogens (tertiary/aromatic N) is 3. The molecule has 30 heavy (non-hydrogen) atoms. The van der Waals surface area contributed by atoms with Crippen LogP contribution in [0.3, 0.4) is 0 Å². The van der Waals surface area contributed by atoms with Crippen molar-refractivity contribution >= 4 is 17.7 Å². The Labute approximate surface area is 174 Å². The number of rotatable bonds is 5. The Kier molecular flexibility index (Phi) is 5.69. The number of fused-ring (bicyclic) bond motifs is 1. The van der Waals surface area contributed by atoms with Crippen molar-refractivity contribution in [3.8, 4) is 0 Å². The average molecular weight is 418 g/mol. The van der Waals surface area contributed by atoms with Gasteiger partial charge in [0.2, 0.25) is 0 Å². The van der Waals surface area contributed by atoms with E-state index in [4.69, 9.17) is 4.74 Å². The van der Waals surface area contributed by atoms with Gasteiger partial charge in [0.25, 0.3) is 6.43 Å². The number of nitrogens with one attached hydrogen (secondary N) is 1. The first-order chi connectivity index (χ1) is 14.3. The second-order valence-electron chi connectivity index (χ2n) is 7.91.